The van der Waals surface area contributed by atoms with Gasteiger partial charge in [-0.05, 0) is 41.8 Å². The van der Waals surface area contributed by atoms with Crippen LogP contribution >= 0.6 is 0 Å². The Kier molecular flexibility index (Phi) is 4.20. The highest BCUT2D eigenvalue weighted by Crippen LogP contribution is 2.40. The molecule has 0 radical (unpaired) electrons. The van der Waals surface area contributed by atoms with Gasteiger partial charge in [-0.15, -0.1) is 0 Å². The van der Waals surface area contributed by atoms with E-state index in [1.54, 1.807) is 17.0 Å². The maximum atomic E-state index is 13.4. The smallest absolute Gasteiger partial charge is 0.416 e. The summed E-state index contributed by atoms with van der Waals surface area (Å²) in [6.07, 6.45) is -1.09. The van der Waals surface area contributed by atoms with Gasteiger partial charge in [0.2, 0.25) is 0 Å². The summed E-state index contributed by atoms with van der Waals surface area (Å²) in [6.45, 7) is 0.389. The van der Waals surface area contributed by atoms with Crippen LogP contribution in [0.4, 0.5) is 13.2 Å². The lowest BCUT2D eigenvalue weighted by atomic mass is 9.91. The number of halogens is 3. The van der Waals surface area contributed by atoms with Crippen LogP contribution in [0.2, 0.25) is 0 Å². The standard InChI is InChI=1S/C23H17F3N2O2/c24-23(25,26)16-5-3-4-14(12-16)21-20-18(17-6-1-2-7-19(17)27-20)8-10-28(21)22(29)15-9-11-30-13-15/h1-7,9,11-13,21,27H,8,10H2/t21-/m1/s1. The molecular formula is C23H17F3N2O2. The molecule has 0 fully saturated rings. The second-order valence-corrected chi connectivity index (χ2v) is 7.35. The largest absolute Gasteiger partial charge is 0.472 e. The SMILES string of the molecule is O=C(c1ccoc1)N1CCc2c([nH]c3ccccc23)[C@H]1c1cccc(C(F)(F)F)c1. The first-order valence-electron chi connectivity index (χ1n) is 9.53. The van der Waals surface area contributed by atoms with Crippen LogP contribution in [0.15, 0.2) is 71.5 Å². The van der Waals surface area contributed by atoms with E-state index >= 15 is 0 Å². The van der Waals surface area contributed by atoms with Crippen LogP contribution in [0.3, 0.4) is 0 Å². The number of H-pyrrole nitrogens is 1. The summed E-state index contributed by atoms with van der Waals surface area (Å²) in [6, 6.07) is 13.8. The van der Waals surface area contributed by atoms with Gasteiger partial charge in [-0.2, -0.15) is 13.2 Å². The number of aromatic nitrogens is 1. The zero-order valence-corrected chi connectivity index (χ0v) is 15.7. The van der Waals surface area contributed by atoms with Crippen LogP contribution in [0.25, 0.3) is 10.9 Å². The molecule has 1 aliphatic heterocycles. The molecule has 5 rings (SSSR count). The molecule has 0 unspecified atom stereocenters. The number of carbonyl (C=O) groups excluding carboxylic acids is 1. The number of carbonyl (C=O) groups is 1. The Balaban J connectivity index is 1.69. The fraction of sp³-hybridized carbons (Fsp3) is 0.174. The highest BCUT2D eigenvalue weighted by molar-refractivity contribution is 5.95. The normalized spacial score (nSPS) is 16.6. The third kappa shape index (κ3) is 2.98. The monoisotopic (exact) mass is 410 g/mol. The van der Waals surface area contributed by atoms with E-state index in [4.69, 9.17) is 4.42 Å². The first-order chi connectivity index (χ1) is 14.4. The van der Waals surface area contributed by atoms with Crippen LogP contribution < -0.4 is 0 Å². The van der Waals surface area contributed by atoms with Gasteiger partial charge in [0.1, 0.15) is 6.26 Å². The molecule has 4 aromatic rings. The fourth-order valence-corrected chi connectivity index (χ4v) is 4.24. The third-order valence-electron chi connectivity index (χ3n) is 5.59. The Morgan fingerprint density at radius 2 is 1.93 bits per heavy atom. The zero-order chi connectivity index (χ0) is 20.9. The van der Waals surface area contributed by atoms with Crippen molar-refractivity contribution < 1.29 is 22.4 Å². The summed E-state index contributed by atoms with van der Waals surface area (Å²) in [5.74, 6) is -0.282. The lowest BCUT2D eigenvalue weighted by molar-refractivity contribution is -0.137. The highest BCUT2D eigenvalue weighted by Gasteiger charge is 2.37. The Labute approximate surface area is 169 Å². The van der Waals surface area contributed by atoms with Crippen molar-refractivity contribution in [1.29, 1.82) is 0 Å². The number of aromatic amines is 1. The van der Waals surface area contributed by atoms with E-state index in [-0.39, 0.29) is 5.91 Å². The second kappa shape index (κ2) is 6.79. The number of para-hydroxylation sites is 1. The van der Waals surface area contributed by atoms with Crippen LogP contribution in [-0.2, 0) is 12.6 Å². The zero-order valence-electron chi connectivity index (χ0n) is 15.7. The molecule has 1 atom stereocenters. The average Bonchev–Trinajstić information content (AvgIpc) is 3.40. The molecular weight excluding hydrogens is 393 g/mol. The summed E-state index contributed by atoms with van der Waals surface area (Å²) in [4.78, 5) is 18.1. The maximum absolute atomic E-state index is 13.4. The molecule has 152 valence electrons. The molecule has 0 bridgehead atoms. The number of rotatable bonds is 2. The van der Waals surface area contributed by atoms with E-state index in [1.165, 1.54) is 18.6 Å². The van der Waals surface area contributed by atoms with Crippen molar-refractivity contribution in [2.45, 2.75) is 18.6 Å². The molecule has 3 heterocycles. The molecule has 1 amide bonds. The number of nitrogens with one attached hydrogen (secondary N) is 1. The van der Waals surface area contributed by atoms with E-state index in [0.29, 0.717) is 24.1 Å². The minimum absolute atomic E-state index is 0.282. The van der Waals surface area contributed by atoms with E-state index in [0.717, 1.165) is 34.3 Å². The quantitative estimate of drug-likeness (QED) is 0.470. The van der Waals surface area contributed by atoms with Gasteiger partial charge >= 0.3 is 6.18 Å². The van der Waals surface area contributed by atoms with Crippen LogP contribution in [-0.4, -0.2) is 22.3 Å². The Hall–Kier alpha value is -3.48. The number of alkyl halides is 3. The molecule has 0 saturated carbocycles. The minimum atomic E-state index is -4.46. The molecule has 2 aromatic heterocycles. The van der Waals surface area contributed by atoms with Crippen molar-refractivity contribution in [2.24, 2.45) is 0 Å². The molecule has 1 aliphatic rings. The van der Waals surface area contributed by atoms with E-state index < -0.39 is 17.8 Å². The van der Waals surface area contributed by atoms with Crippen LogP contribution in [0, 0.1) is 0 Å². The molecule has 0 aliphatic carbocycles. The number of benzene rings is 2. The van der Waals surface area contributed by atoms with Crippen molar-refractivity contribution in [3.8, 4) is 0 Å². The number of furan rings is 1. The number of hydrogen-bond donors (Lipinski definition) is 1. The van der Waals surface area contributed by atoms with Gasteiger partial charge in [-0.25, -0.2) is 0 Å². The minimum Gasteiger partial charge on any atom is -0.472 e. The van der Waals surface area contributed by atoms with Gasteiger partial charge in [-0.1, -0.05) is 30.3 Å². The highest BCUT2D eigenvalue weighted by atomic mass is 19.4. The molecule has 0 saturated heterocycles. The van der Waals surface area contributed by atoms with Gasteiger partial charge in [0, 0.05) is 23.1 Å². The van der Waals surface area contributed by atoms with Crippen molar-refractivity contribution in [3.05, 3.63) is 95.1 Å². The van der Waals surface area contributed by atoms with Gasteiger partial charge in [0.25, 0.3) is 5.91 Å². The van der Waals surface area contributed by atoms with Crippen molar-refractivity contribution in [3.63, 3.8) is 0 Å². The van der Waals surface area contributed by atoms with Crippen LogP contribution in [0.1, 0.15) is 38.8 Å². The number of nitrogens with zero attached hydrogens (tertiary/aromatic N) is 1. The average molecular weight is 410 g/mol. The van der Waals surface area contributed by atoms with Crippen molar-refractivity contribution in [1.82, 2.24) is 9.88 Å². The Morgan fingerprint density at radius 1 is 1.10 bits per heavy atom. The maximum Gasteiger partial charge on any atom is 0.416 e. The lowest BCUT2D eigenvalue weighted by Gasteiger charge is -2.36. The van der Waals surface area contributed by atoms with Gasteiger partial charge in [0.05, 0.1) is 23.4 Å². The predicted octanol–water partition coefficient (Wildman–Crippen LogP) is 5.57. The summed E-state index contributed by atoms with van der Waals surface area (Å²) >= 11 is 0. The van der Waals surface area contributed by atoms with Crippen LogP contribution in [0.5, 0.6) is 0 Å². The number of hydrogen-bond acceptors (Lipinski definition) is 2. The number of amides is 1. The van der Waals surface area contributed by atoms with Crippen molar-refractivity contribution >= 4 is 16.8 Å². The second-order valence-electron chi connectivity index (χ2n) is 7.35. The Morgan fingerprint density at radius 3 is 2.70 bits per heavy atom. The summed E-state index contributed by atoms with van der Waals surface area (Å²) in [5.41, 5.74) is 2.72. The molecule has 4 nitrogen and oxygen atoms in total. The molecule has 0 spiro atoms. The summed E-state index contributed by atoms with van der Waals surface area (Å²) in [5, 5.41) is 1.03. The lowest BCUT2D eigenvalue weighted by Crippen LogP contribution is -2.40. The Bertz CT molecular complexity index is 1220. The molecule has 30 heavy (non-hydrogen) atoms. The van der Waals surface area contributed by atoms with E-state index in [2.05, 4.69) is 4.98 Å². The molecule has 2 aromatic carbocycles. The topological polar surface area (TPSA) is 49.2 Å². The molecule has 7 heteroatoms. The first-order valence-corrected chi connectivity index (χ1v) is 9.53. The molecule has 1 N–H and O–H groups in total. The van der Waals surface area contributed by atoms with Gasteiger partial charge in [0.15, 0.2) is 0 Å². The number of fused-ring (bicyclic) bond motifs is 3. The predicted molar refractivity (Wildman–Crippen MR) is 105 cm³/mol. The van der Waals surface area contributed by atoms with E-state index in [9.17, 15) is 18.0 Å². The summed E-state index contributed by atoms with van der Waals surface area (Å²) < 4.78 is 45.2. The van der Waals surface area contributed by atoms with E-state index in [1.807, 2.05) is 24.3 Å². The summed E-state index contributed by atoms with van der Waals surface area (Å²) in [7, 11) is 0. The fourth-order valence-electron chi connectivity index (χ4n) is 4.24. The first kappa shape index (κ1) is 18.5. The van der Waals surface area contributed by atoms with Crippen molar-refractivity contribution in [2.75, 3.05) is 6.54 Å². The van der Waals surface area contributed by atoms with Gasteiger partial charge < -0.3 is 14.3 Å². The van der Waals surface area contributed by atoms with Gasteiger partial charge in [-0.3, -0.25) is 4.79 Å². The third-order valence-corrected chi connectivity index (χ3v) is 5.59.